The van der Waals surface area contributed by atoms with Crippen molar-refractivity contribution in [2.75, 3.05) is 0 Å². The first-order valence-electron chi connectivity index (χ1n) is 4.79. The van der Waals surface area contributed by atoms with Gasteiger partial charge in [0.25, 0.3) is 5.56 Å². The van der Waals surface area contributed by atoms with Gasteiger partial charge in [-0.2, -0.15) is 5.10 Å². The smallest absolute Gasteiger partial charge is 0.250 e. The summed E-state index contributed by atoms with van der Waals surface area (Å²) in [5.41, 5.74) is 3.77. The Hall–Kier alpha value is -1.84. The van der Waals surface area contributed by atoms with Crippen molar-refractivity contribution in [2.24, 2.45) is 7.05 Å². The minimum atomic E-state index is -0.0208. The van der Waals surface area contributed by atoms with Gasteiger partial charge in [0.2, 0.25) is 0 Å². The van der Waals surface area contributed by atoms with E-state index >= 15 is 0 Å². The summed E-state index contributed by atoms with van der Waals surface area (Å²) in [5, 5.41) is 7.12. The molecule has 1 N–H and O–H groups in total. The lowest BCUT2D eigenvalue weighted by atomic mass is 10.1. The molecule has 0 fully saturated rings. The number of hydrogen-bond acceptors (Lipinski definition) is 2. The van der Waals surface area contributed by atoms with Crippen molar-refractivity contribution < 1.29 is 0 Å². The average Bonchev–Trinajstić information content (AvgIpc) is 2.53. The molecular formula is C11H13N3O. The quantitative estimate of drug-likeness (QED) is 0.761. The summed E-state index contributed by atoms with van der Waals surface area (Å²) in [5.74, 6) is 0. The summed E-state index contributed by atoms with van der Waals surface area (Å²) < 4.78 is 1.60. The molecule has 2 aromatic rings. The Bertz CT molecular complexity index is 551. The van der Waals surface area contributed by atoms with Crippen LogP contribution in [0, 0.1) is 13.8 Å². The van der Waals surface area contributed by atoms with Crippen LogP contribution in [0.15, 0.2) is 23.0 Å². The molecule has 15 heavy (non-hydrogen) atoms. The van der Waals surface area contributed by atoms with E-state index in [9.17, 15) is 4.79 Å². The molecule has 4 heteroatoms. The fourth-order valence-corrected chi connectivity index (χ4v) is 1.54. The largest absolute Gasteiger partial charge is 0.310 e. The molecule has 2 aromatic heterocycles. The first-order valence-corrected chi connectivity index (χ1v) is 4.79. The van der Waals surface area contributed by atoms with Crippen LogP contribution in [-0.4, -0.2) is 14.8 Å². The molecule has 0 saturated carbocycles. The molecule has 0 spiro atoms. The number of rotatable bonds is 1. The summed E-state index contributed by atoms with van der Waals surface area (Å²) in [7, 11) is 1.75. The molecule has 0 unspecified atom stereocenters. The van der Waals surface area contributed by atoms with Gasteiger partial charge in [0.05, 0.1) is 5.69 Å². The van der Waals surface area contributed by atoms with E-state index in [-0.39, 0.29) is 5.56 Å². The Labute approximate surface area is 87.6 Å². The van der Waals surface area contributed by atoms with Gasteiger partial charge in [0.1, 0.15) is 5.69 Å². The number of aryl methyl sites for hydroxylation is 1. The number of pyridine rings is 1. The molecule has 2 rings (SSSR count). The normalized spacial score (nSPS) is 10.6. The SMILES string of the molecule is Cc1[nH]nc(-c2cccc(=O)n2C)c1C. The van der Waals surface area contributed by atoms with E-state index in [4.69, 9.17) is 0 Å². The monoisotopic (exact) mass is 203 g/mol. The van der Waals surface area contributed by atoms with Crippen molar-refractivity contribution in [3.8, 4) is 11.4 Å². The molecule has 0 atom stereocenters. The molecule has 0 saturated heterocycles. The van der Waals surface area contributed by atoms with Gasteiger partial charge >= 0.3 is 0 Å². The average molecular weight is 203 g/mol. The van der Waals surface area contributed by atoms with Crippen molar-refractivity contribution in [2.45, 2.75) is 13.8 Å². The van der Waals surface area contributed by atoms with Crippen LogP contribution in [0.3, 0.4) is 0 Å². The van der Waals surface area contributed by atoms with Gasteiger partial charge in [-0.25, -0.2) is 0 Å². The van der Waals surface area contributed by atoms with Gasteiger partial charge < -0.3 is 4.57 Å². The standard InChI is InChI=1S/C11H13N3O/c1-7-8(2)12-13-11(7)9-5-4-6-10(15)14(9)3/h4-6H,1-3H3,(H,12,13). The Kier molecular flexibility index (Phi) is 2.19. The van der Waals surface area contributed by atoms with E-state index < -0.39 is 0 Å². The molecule has 0 aliphatic heterocycles. The number of H-pyrrole nitrogens is 1. The predicted octanol–water partition coefficient (Wildman–Crippen LogP) is 1.39. The first kappa shape index (κ1) is 9.71. The summed E-state index contributed by atoms with van der Waals surface area (Å²) in [6.45, 7) is 3.96. The zero-order valence-electron chi connectivity index (χ0n) is 9.03. The second kappa shape index (κ2) is 3.38. The van der Waals surface area contributed by atoms with Gasteiger partial charge in [-0.05, 0) is 25.5 Å². The summed E-state index contributed by atoms with van der Waals surface area (Å²) in [6.07, 6.45) is 0. The Morgan fingerprint density at radius 3 is 2.67 bits per heavy atom. The van der Waals surface area contributed by atoms with E-state index in [0.29, 0.717) is 0 Å². The van der Waals surface area contributed by atoms with Crippen LogP contribution in [0.1, 0.15) is 11.3 Å². The lowest BCUT2D eigenvalue weighted by Gasteiger charge is -2.05. The topological polar surface area (TPSA) is 50.7 Å². The summed E-state index contributed by atoms with van der Waals surface area (Å²) >= 11 is 0. The van der Waals surface area contributed by atoms with Crippen molar-refractivity contribution in [1.29, 1.82) is 0 Å². The molecule has 4 nitrogen and oxygen atoms in total. The van der Waals surface area contributed by atoms with E-state index in [1.807, 2.05) is 19.9 Å². The van der Waals surface area contributed by atoms with Crippen molar-refractivity contribution in [1.82, 2.24) is 14.8 Å². The Morgan fingerprint density at radius 1 is 1.33 bits per heavy atom. The van der Waals surface area contributed by atoms with Gasteiger partial charge in [-0.1, -0.05) is 6.07 Å². The molecular weight excluding hydrogens is 190 g/mol. The maximum atomic E-state index is 11.5. The van der Waals surface area contributed by atoms with Crippen LogP contribution in [-0.2, 0) is 7.05 Å². The zero-order valence-corrected chi connectivity index (χ0v) is 9.03. The third-order valence-electron chi connectivity index (χ3n) is 2.68. The van der Waals surface area contributed by atoms with Crippen molar-refractivity contribution in [3.05, 3.63) is 39.8 Å². The lowest BCUT2D eigenvalue weighted by Crippen LogP contribution is -2.16. The van der Waals surface area contributed by atoms with Crippen LogP contribution < -0.4 is 5.56 Å². The molecule has 0 amide bonds. The maximum absolute atomic E-state index is 11.5. The van der Waals surface area contributed by atoms with Crippen LogP contribution >= 0.6 is 0 Å². The second-order valence-electron chi connectivity index (χ2n) is 3.63. The van der Waals surface area contributed by atoms with Crippen LogP contribution in [0.5, 0.6) is 0 Å². The molecule has 0 radical (unpaired) electrons. The van der Waals surface area contributed by atoms with Gasteiger partial charge in [-0.15, -0.1) is 0 Å². The molecule has 0 aromatic carbocycles. The fourth-order valence-electron chi connectivity index (χ4n) is 1.54. The third kappa shape index (κ3) is 1.48. The highest BCUT2D eigenvalue weighted by molar-refractivity contribution is 5.59. The van der Waals surface area contributed by atoms with E-state index in [0.717, 1.165) is 22.6 Å². The fraction of sp³-hybridized carbons (Fsp3) is 0.273. The first-order chi connectivity index (χ1) is 7.11. The highest BCUT2D eigenvalue weighted by Gasteiger charge is 2.10. The van der Waals surface area contributed by atoms with Gasteiger partial charge in [0, 0.05) is 18.8 Å². The highest BCUT2D eigenvalue weighted by Crippen LogP contribution is 2.20. The lowest BCUT2D eigenvalue weighted by molar-refractivity contribution is 0.862. The van der Waals surface area contributed by atoms with Crippen LogP contribution in [0.2, 0.25) is 0 Å². The van der Waals surface area contributed by atoms with E-state index in [1.165, 1.54) is 0 Å². The molecule has 78 valence electrons. The summed E-state index contributed by atoms with van der Waals surface area (Å²) in [4.78, 5) is 11.5. The number of nitrogens with one attached hydrogen (secondary N) is 1. The Morgan fingerprint density at radius 2 is 2.07 bits per heavy atom. The highest BCUT2D eigenvalue weighted by atomic mass is 16.1. The molecule has 0 bridgehead atoms. The number of aromatic amines is 1. The van der Waals surface area contributed by atoms with Gasteiger partial charge in [0.15, 0.2) is 0 Å². The van der Waals surface area contributed by atoms with Crippen molar-refractivity contribution in [3.63, 3.8) is 0 Å². The van der Waals surface area contributed by atoms with Crippen LogP contribution in [0.4, 0.5) is 0 Å². The number of nitrogens with zero attached hydrogens (tertiary/aromatic N) is 2. The molecule has 0 aliphatic carbocycles. The molecule has 0 aliphatic rings. The van der Waals surface area contributed by atoms with E-state index in [1.54, 1.807) is 23.7 Å². The minimum absolute atomic E-state index is 0.0208. The molecule has 2 heterocycles. The zero-order chi connectivity index (χ0) is 11.0. The number of hydrogen-bond donors (Lipinski definition) is 1. The third-order valence-corrected chi connectivity index (χ3v) is 2.68. The number of aromatic nitrogens is 3. The van der Waals surface area contributed by atoms with Crippen LogP contribution in [0.25, 0.3) is 11.4 Å². The second-order valence-corrected chi connectivity index (χ2v) is 3.63. The Balaban J connectivity index is 2.70. The minimum Gasteiger partial charge on any atom is -0.310 e. The predicted molar refractivity (Wildman–Crippen MR) is 58.7 cm³/mol. The van der Waals surface area contributed by atoms with E-state index in [2.05, 4.69) is 10.2 Å². The van der Waals surface area contributed by atoms with Crippen molar-refractivity contribution >= 4 is 0 Å². The van der Waals surface area contributed by atoms with Gasteiger partial charge in [-0.3, -0.25) is 9.89 Å². The maximum Gasteiger partial charge on any atom is 0.250 e. The summed E-state index contributed by atoms with van der Waals surface area (Å²) in [6, 6.07) is 5.18.